The smallest absolute Gasteiger partial charge is 0.358 e. The van der Waals surface area contributed by atoms with Crippen molar-refractivity contribution < 1.29 is 13.3 Å². The van der Waals surface area contributed by atoms with E-state index in [1.165, 1.54) is 0 Å². The van der Waals surface area contributed by atoms with Crippen molar-refractivity contribution in [2.24, 2.45) is 0 Å². The highest BCUT2D eigenvalue weighted by Gasteiger charge is 2.29. The second-order valence-corrected chi connectivity index (χ2v) is 5.17. The standard InChI is InChI=1S/C7H6ClN3O4S/c1-2-3-4-10-5-6(16(8,14)15)7(9-10)11(12)13/h5H,4H2,1H3. The molecule has 0 aromatic carbocycles. The van der Waals surface area contributed by atoms with Crippen molar-refractivity contribution in [2.75, 3.05) is 0 Å². The molecule has 0 radical (unpaired) electrons. The van der Waals surface area contributed by atoms with Crippen molar-refractivity contribution in [2.45, 2.75) is 18.4 Å². The first-order valence-electron chi connectivity index (χ1n) is 3.92. The van der Waals surface area contributed by atoms with Gasteiger partial charge < -0.3 is 10.1 Å². The molecule has 0 amide bonds. The summed E-state index contributed by atoms with van der Waals surface area (Å²) in [6.07, 6.45) is 0.977. The fraction of sp³-hybridized carbons (Fsp3) is 0.286. The first kappa shape index (κ1) is 12.5. The van der Waals surface area contributed by atoms with E-state index in [0.717, 1.165) is 10.9 Å². The first-order valence-corrected chi connectivity index (χ1v) is 6.23. The Morgan fingerprint density at radius 3 is 2.69 bits per heavy atom. The molecule has 1 heterocycles. The van der Waals surface area contributed by atoms with Crippen molar-refractivity contribution in [3.05, 3.63) is 16.3 Å². The maximum Gasteiger partial charge on any atom is 0.410 e. The van der Waals surface area contributed by atoms with Crippen LogP contribution in [-0.2, 0) is 15.6 Å². The van der Waals surface area contributed by atoms with E-state index >= 15 is 0 Å². The number of nitrogens with zero attached hydrogens (tertiary/aromatic N) is 3. The number of halogens is 1. The molecule has 16 heavy (non-hydrogen) atoms. The average Bonchev–Trinajstić information content (AvgIpc) is 2.58. The van der Waals surface area contributed by atoms with E-state index in [9.17, 15) is 18.5 Å². The van der Waals surface area contributed by atoms with Crippen LogP contribution in [0, 0.1) is 22.0 Å². The van der Waals surface area contributed by atoms with Crippen LogP contribution in [-0.4, -0.2) is 23.1 Å². The Labute approximate surface area is 95.6 Å². The van der Waals surface area contributed by atoms with Gasteiger partial charge in [-0.2, -0.15) is 4.68 Å². The number of hydrogen-bond donors (Lipinski definition) is 0. The summed E-state index contributed by atoms with van der Waals surface area (Å²) in [7, 11) is 0.850. The van der Waals surface area contributed by atoms with Gasteiger partial charge in [0, 0.05) is 10.7 Å². The summed E-state index contributed by atoms with van der Waals surface area (Å²) in [5.74, 6) is 4.34. The Balaban J connectivity index is 3.30. The zero-order chi connectivity index (χ0) is 12.3. The zero-order valence-corrected chi connectivity index (χ0v) is 9.62. The van der Waals surface area contributed by atoms with Gasteiger partial charge in [-0.3, -0.25) is 0 Å². The van der Waals surface area contributed by atoms with E-state index in [0.29, 0.717) is 0 Å². The van der Waals surface area contributed by atoms with E-state index in [-0.39, 0.29) is 6.54 Å². The Kier molecular flexibility index (Phi) is 3.51. The van der Waals surface area contributed by atoms with E-state index in [1.807, 2.05) is 0 Å². The molecule has 9 heteroatoms. The summed E-state index contributed by atoms with van der Waals surface area (Å²) in [6.45, 7) is 1.64. The normalized spacial score (nSPS) is 10.6. The number of rotatable bonds is 3. The van der Waals surface area contributed by atoms with E-state index < -0.39 is 24.7 Å². The number of hydrogen-bond acceptors (Lipinski definition) is 5. The van der Waals surface area contributed by atoms with Crippen LogP contribution in [0.1, 0.15) is 6.92 Å². The summed E-state index contributed by atoms with van der Waals surface area (Å²) < 4.78 is 23.1. The van der Waals surface area contributed by atoms with Crippen LogP contribution in [0.25, 0.3) is 0 Å². The minimum absolute atomic E-state index is 0.0593. The van der Waals surface area contributed by atoms with Crippen molar-refractivity contribution >= 4 is 25.6 Å². The van der Waals surface area contributed by atoms with Crippen molar-refractivity contribution in [1.82, 2.24) is 9.78 Å². The van der Waals surface area contributed by atoms with E-state index in [1.54, 1.807) is 6.92 Å². The largest absolute Gasteiger partial charge is 0.410 e. The van der Waals surface area contributed by atoms with Crippen LogP contribution >= 0.6 is 10.7 Å². The molecule has 0 spiro atoms. The van der Waals surface area contributed by atoms with E-state index in [2.05, 4.69) is 16.9 Å². The zero-order valence-electron chi connectivity index (χ0n) is 8.05. The molecule has 0 N–H and O–H groups in total. The Morgan fingerprint density at radius 1 is 1.69 bits per heavy atom. The lowest BCUT2D eigenvalue weighted by atomic mass is 10.6. The quantitative estimate of drug-likeness (QED) is 0.347. The van der Waals surface area contributed by atoms with Crippen LogP contribution in [0.3, 0.4) is 0 Å². The Bertz CT molecular complexity index is 581. The summed E-state index contributed by atoms with van der Waals surface area (Å²) >= 11 is 0. The van der Waals surface area contributed by atoms with Gasteiger partial charge in [-0.25, -0.2) is 8.42 Å². The highest BCUT2D eigenvalue weighted by molar-refractivity contribution is 8.13. The molecule has 0 bridgehead atoms. The molecule has 86 valence electrons. The third kappa shape index (κ3) is 2.71. The average molecular weight is 264 g/mol. The van der Waals surface area contributed by atoms with Crippen LogP contribution in [0.5, 0.6) is 0 Å². The molecule has 0 saturated carbocycles. The Morgan fingerprint density at radius 2 is 2.31 bits per heavy atom. The lowest BCUT2D eigenvalue weighted by Crippen LogP contribution is -1.98. The van der Waals surface area contributed by atoms with Gasteiger partial charge in [0.1, 0.15) is 6.54 Å². The molecule has 1 aromatic heterocycles. The van der Waals surface area contributed by atoms with Crippen molar-refractivity contribution in [3.8, 4) is 11.8 Å². The third-order valence-electron chi connectivity index (χ3n) is 1.56. The van der Waals surface area contributed by atoms with Crippen molar-refractivity contribution in [3.63, 3.8) is 0 Å². The second-order valence-electron chi connectivity index (χ2n) is 2.64. The SMILES string of the molecule is CC#CCn1cc(S(=O)(=O)Cl)c([N+](=O)[O-])n1. The molecule has 0 aliphatic carbocycles. The predicted molar refractivity (Wildman–Crippen MR) is 55.4 cm³/mol. The fourth-order valence-corrected chi connectivity index (χ4v) is 1.84. The molecule has 0 fully saturated rings. The number of aromatic nitrogens is 2. The van der Waals surface area contributed by atoms with Gasteiger partial charge in [0.25, 0.3) is 9.05 Å². The molecule has 0 atom stereocenters. The number of nitro groups is 1. The maximum absolute atomic E-state index is 11.0. The molecular formula is C7H6ClN3O4S. The Hall–Kier alpha value is -1.59. The highest BCUT2D eigenvalue weighted by atomic mass is 35.7. The maximum atomic E-state index is 11.0. The van der Waals surface area contributed by atoms with Gasteiger partial charge in [0.2, 0.25) is 4.90 Å². The molecule has 0 unspecified atom stereocenters. The minimum atomic E-state index is -4.18. The second kappa shape index (κ2) is 4.51. The van der Waals surface area contributed by atoms with Crippen LogP contribution < -0.4 is 0 Å². The lowest BCUT2D eigenvalue weighted by Gasteiger charge is -1.89. The monoisotopic (exact) mass is 263 g/mol. The summed E-state index contributed by atoms with van der Waals surface area (Å²) in [6, 6.07) is 0. The summed E-state index contributed by atoms with van der Waals surface area (Å²) in [5, 5.41) is 14.0. The molecule has 7 nitrogen and oxygen atoms in total. The summed E-state index contributed by atoms with van der Waals surface area (Å²) in [4.78, 5) is 8.99. The topological polar surface area (TPSA) is 95.1 Å². The van der Waals surface area contributed by atoms with Gasteiger partial charge in [0.05, 0.1) is 11.3 Å². The highest BCUT2D eigenvalue weighted by Crippen LogP contribution is 2.24. The van der Waals surface area contributed by atoms with Gasteiger partial charge in [0.15, 0.2) is 0 Å². The van der Waals surface area contributed by atoms with Crippen LogP contribution in [0.4, 0.5) is 5.82 Å². The minimum Gasteiger partial charge on any atom is -0.358 e. The molecule has 1 rings (SSSR count). The molecule has 0 aliphatic heterocycles. The van der Waals surface area contributed by atoms with Gasteiger partial charge in [-0.15, -0.1) is 5.92 Å². The van der Waals surface area contributed by atoms with Gasteiger partial charge in [-0.05, 0) is 11.8 Å². The van der Waals surface area contributed by atoms with Crippen molar-refractivity contribution in [1.29, 1.82) is 0 Å². The molecule has 0 saturated heterocycles. The molecular weight excluding hydrogens is 258 g/mol. The predicted octanol–water partition coefficient (Wildman–Crippen LogP) is 0.742. The van der Waals surface area contributed by atoms with E-state index in [4.69, 9.17) is 10.7 Å². The van der Waals surface area contributed by atoms with Gasteiger partial charge in [-0.1, -0.05) is 5.92 Å². The third-order valence-corrected chi connectivity index (χ3v) is 2.88. The summed E-state index contributed by atoms with van der Waals surface area (Å²) in [5.41, 5.74) is 0. The lowest BCUT2D eigenvalue weighted by molar-refractivity contribution is -0.392. The first-order chi connectivity index (χ1) is 7.36. The molecule has 0 aliphatic rings. The van der Waals surface area contributed by atoms with Crippen LogP contribution in [0.15, 0.2) is 11.1 Å². The van der Waals surface area contributed by atoms with Gasteiger partial charge >= 0.3 is 5.82 Å². The molecule has 1 aromatic rings. The van der Waals surface area contributed by atoms with Crippen LogP contribution in [0.2, 0.25) is 0 Å². The fourth-order valence-electron chi connectivity index (χ4n) is 0.932.